The van der Waals surface area contributed by atoms with Gasteiger partial charge in [-0.3, -0.25) is 9.80 Å². The minimum Gasteiger partial charge on any atom is -0.484 e. The largest absolute Gasteiger partial charge is 0.484 e. The number of nitrogens with zero attached hydrogens (tertiary/aromatic N) is 3. The number of methoxy groups -OCH3 is 1. The molecule has 2 aromatic carbocycles. The Bertz CT molecular complexity index is 1180. The number of hydrogen-bond donors (Lipinski definition) is 0. The lowest BCUT2D eigenvalue weighted by Crippen LogP contribution is -2.42. The first-order valence-corrected chi connectivity index (χ1v) is 13.3. The normalized spacial score (nSPS) is 20.9. The van der Waals surface area contributed by atoms with E-state index in [1.165, 1.54) is 0 Å². The maximum absolute atomic E-state index is 6.71. The van der Waals surface area contributed by atoms with Crippen molar-refractivity contribution in [1.29, 1.82) is 0 Å². The second-order valence-corrected chi connectivity index (χ2v) is 10.6. The highest BCUT2D eigenvalue weighted by molar-refractivity contribution is 6.35. The minimum absolute atomic E-state index is 0.147. The number of fused-ring (bicyclic) bond motifs is 1. The standard InChI is InChI=1S/C28H33Cl2N3O3/c1-18-27(19(2)36-31-18)20-5-7-22(8-6-20)35-28-24-15-21(29)16-25(30)23(24)17-26(28)33-10-4-9-32(11-12-33)13-14-34-3/h5-8,15-16,26,28H,4,9-14,17H2,1-3H3/t26-,28+/m0/s1. The predicted molar refractivity (Wildman–Crippen MR) is 143 cm³/mol. The van der Waals surface area contributed by atoms with Gasteiger partial charge in [0.1, 0.15) is 17.6 Å². The first-order chi connectivity index (χ1) is 17.4. The molecule has 6 nitrogen and oxygen atoms in total. The summed E-state index contributed by atoms with van der Waals surface area (Å²) in [5.74, 6) is 1.64. The topological polar surface area (TPSA) is 51.0 Å². The van der Waals surface area contributed by atoms with Crippen LogP contribution in [0.4, 0.5) is 0 Å². The van der Waals surface area contributed by atoms with E-state index < -0.39 is 0 Å². The third kappa shape index (κ3) is 5.29. The highest BCUT2D eigenvalue weighted by Crippen LogP contribution is 2.43. The predicted octanol–water partition coefficient (Wildman–Crippen LogP) is 5.96. The lowest BCUT2D eigenvalue weighted by atomic mass is 10.0. The lowest BCUT2D eigenvalue weighted by molar-refractivity contribution is 0.0787. The number of rotatable bonds is 7. The fourth-order valence-corrected chi connectivity index (χ4v) is 6.17. The molecule has 1 aliphatic carbocycles. The van der Waals surface area contributed by atoms with E-state index in [9.17, 15) is 0 Å². The summed E-state index contributed by atoms with van der Waals surface area (Å²) in [6, 6.07) is 12.2. The van der Waals surface area contributed by atoms with Crippen LogP contribution in [-0.2, 0) is 11.2 Å². The summed E-state index contributed by atoms with van der Waals surface area (Å²) in [6.07, 6.45) is 1.82. The van der Waals surface area contributed by atoms with Crippen molar-refractivity contribution in [2.45, 2.75) is 38.8 Å². The average Bonchev–Trinajstić information content (AvgIpc) is 3.28. The van der Waals surface area contributed by atoms with Gasteiger partial charge in [-0.25, -0.2) is 0 Å². The van der Waals surface area contributed by atoms with Crippen molar-refractivity contribution in [2.75, 3.05) is 46.4 Å². The van der Waals surface area contributed by atoms with Crippen LogP contribution in [0.2, 0.25) is 10.0 Å². The van der Waals surface area contributed by atoms with Crippen LogP contribution in [0.3, 0.4) is 0 Å². The van der Waals surface area contributed by atoms with Gasteiger partial charge in [0.05, 0.1) is 18.3 Å². The van der Waals surface area contributed by atoms with Gasteiger partial charge in [0.25, 0.3) is 0 Å². The molecule has 0 radical (unpaired) electrons. The van der Waals surface area contributed by atoms with Crippen molar-refractivity contribution in [2.24, 2.45) is 0 Å². The summed E-state index contributed by atoms with van der Waals surface area (Å²) in [5.41, 5.74) is 5.22. The molecule has 0 N–H and O–H groups in total. The van der Waals surface area contributed by atoms with Gasteiger partial charge < -0.3 is 14.0 Å². The van der Waals surface area contributed by atoms with E-state index in [1.54, 1.807) is 7.11 Å². The van der Waals surface area contributed by atoms with E-state index >= 15 is 0 Å². The van der Waals surface area contributed by atoms with Gasteiger partial charge in [-0.15, -0.1) is 0 Å². The van der Waals surface area contributed by atoms with Crippen LogP contribution in [0.1, 0.15) is 35.1 Å². The maximum atomic E-state index is 6.71. The van der Waals surface area contributed by atoms with Gasteiger partial charge in [0.2, 0.25) is 0 Å². The van der Waals surface area contributed by atoms with Crippen molar-refractivity contribution in [3.05, 3.63) is 69.0 Å². The van der Waals surface area contributed by atoms with E-state index in [0.717, 1.165) is 96.7 Å². The third-order valence-corrected chi connectivity index (χ3v) is 7.96. The maximum Gasteiger partial charge on any atom is 0.141 e. The summed E-state index contributed by atoms with van der Waals surface area (Å²) in [5, 5.41) is 5.45. The SMILES string of the molecule is COCCN1CCCN([C@H]2Cc3c(Cl)cc(Cl)cc3[C@H]2Oc2ccc(-c3c(C)noc3C)cc2)CC1. The lowest BCUT2D eigenvalue weighted by Gasteiger charge is -2.32. The highest BCUT2D eigenvalue weighted by Gasteiger charge is 2.40. The van der Waals surface area contributed by atoms with E-state index in [2.05, 4.69) is 27.1 Å². The summed E-state index contributed by atoms with van der Waals surface area (Å²) >= 11 is 13.1. The quantitative estimate of drug-likeness (QED) is 0.376. The van der Waals surface area contributed by atoms with Crippen molar-refractivity contribution < 1.29 is 14.0 Å². The molecule has 192 valence electrons. The summed E-state index contributed by atoms with van der Waals surface area (Å²) in [7, 11) is 1.76. The molecule has 1 aromatic heterocycles. The fourth-order valence-electron chi connectivity index (χ4n) is 5.59. The third-order valence-electron chi connectivity index (χ3n) is 7.41. The second kappa shape index (κ2) is 11.1. The molecule has 2 aliphatic rings. The smallest absolute Gasteiger partial charge is 0.141 e. The van der Waals surface area contributed by atoms with Gasteiger partial charge in [-0.05, 0) is 75.2 Å². The molecule has 0 bridgehead atoms. The Labute approximate surface area is 223 Å². The van der Waals surface area contributed by atoms with E-state index in [-0.39, 0.29) is 12.1 Å². The highest BCUT2D eigenvalue weighted by atomic mass is 35.5. The zero-order chi connectivity index (χ0) is 25.2. The molecule has 0 amide bonds. The van der Waals surface area contributed by atoms with E-state index in [4.69, 9.17) is 37.2 Å². The average molecular weight is 530 g/mol. The molecule has 8 heteroatoms. The Hall–Kier alpha value is -2.09. The van der Waals surface area contributed by atoms with Crippen LogP contribution >= 0.6 is 23.2 Å². The van der Waals surface area contributed by atoms with Gasteiger partial charge in [-0.1, -0.05) is 40.5 Å². The van der Waals surface area contributed by atoms with Crippen molar-refractivity contribution in [1.82, 2.24) is 15.0 Å². The van der Waals surface area contributed by atoms with Crippen molar-refractivity contribution in [3.63, 3.8) is 0 Å². The monoisotopic (exact) mass is 529 g/mol. The number of halogens is 2. The van der Waals surface area contributed by atoms with Crippen LogP contribution in [0.5, 0.6) is 5.75 Å². The molecular formula is C28H33Cl2N3O3. The molecule has 2 heterocycles. The first kappa shape index (κ1) is 25.6. The molecular weight excluding hydrogens is 497 g/mol. The zero-order valence-corrected chi connectivity index (χ0v) is 22.6. The first-order valence-electron chi connectivity index (χ1n) is 12.6. The van der Waals surface area contributed by atoms with Crippen LogP contribution < -0.4 is 4.74 Å². The van der Waals surface area contributed by atoms with Gasteiger partial charge >= 0.3 is 0 Å². The van der Waals surface area contributed by atoms with Crippen LogP contribution in [0.15, 0.2) is 40.9 Å². The Balaban J connectivity index is 1.39. The van der Waals surface area contributed by atoms with E-state index in [0.29, 0.717) is 5.02 Å². The fraction of sp³-hybridized carbons (Fsp3) is 0.464. The van der Waals surface area contributed by atoms with Crippen LogP contribution in [-0.4, -0.2) is 67.4 Å². The molecule has 1 fully saturated rings. The van der Waals surface area contributed by atoms with Crippen LogP contribution in [0.25, 0.3) is 11.1 Å². The number of aryl methyl sites for hydroxylation is 2. The Morgan fingerprint density at radius 2 is 1.86 bits per heavy atom. The molecule has 1 aliphatic heterocycles. The second-order valence-electron chi connectivity index (χ2n) is 9.71. The zero-order valence-electron chi connectivity index (χ0n) is 21.1. The summed E-state index contributed by atoms with van der Waals surface area (Å²) < 4.78 is 17.4. The van der Waals surface area contributed by atoms with Crippen molar-refractivity contribution in [3.8, 4) is 16.9 Å². The minimum atomic E-state index is -0.147. The molecule has 0 unspecified atom stereocenters. The van der Waals surface area contributed by atoms with Gasteiger partial charge in [0, 0.05) is 47.9 Å². The number of benzene rings is 2. The Kier molecular flexibility index (Phi) is 7.89. The molecule has 36 heavy (non-hydrogen) atoms. The summed E-state index contributed by atoms with van der Waals surface area (Å²) in [6.45, 7) is 9.74. The molecule has 0 saturated carbocycles. The van der Waals surface area contributed by atoms with Gasteiger partial charge in [0.15, 0.2) is 0 Å². The Morgan fingerprint density at radius 1 is 1.06 bits per heavy atom. The number of ether oxygens (including phenoxy) is 2. The molecule has 1 saturated heterocycles. The van der Waals surface area contributed by atoms with Crippen molar-refractivity contribution >= 4 is 23.2 Å². The van der Waals surface area contributed by atoms with Crippen LogP contribution in [0, 0.1) is 13.8 Å². The molecule has 2 atom stereocenters. The Morgan fingerprint density at radius 3 is 2.58 bits per heavy atom. The van der Waals surface area contributed by atoms with Gasteiger partial charge in [-0.2, -0.15) is 0 Å². The number of aromatic nitrogens is 1. The van der Waals surface area contributed by atoms with E-state index in [1.807, 2.05) is 38.1 Å². The number of hydrogen-bond acceptors (Lipinski definition) is 6. The molecule has 3 aromatic rings. The molecule has 0 spiro atoms. The molecule has 5 rings (SSSR count). The summed E-state index contributed by atoms with van der Waals surface area (Å²) in [4.78, 5) is 5.05.